The van der Waals surface area contributed by atoms with Gasteiger partial charge in [-0.05, 0) is 30.3 Å². The van der Waals surface area contributed by atoms with Crippen LogP contribution in [-0.4, -0.2) is 22.1 Å². The van der Waals surface area contributed by atoms with Crippen molar-refractivity contribution in [3.63, 3.8) is 0 Å². The number of hydrogen-bond donors (Lipinski definition) is 1. The molecule has 2 rings (SSSR count). The molecule has 0 saturated carbocycles. The maximum atomic E-state index is 13.1. The summed E-state index contributed by atoms with van der Waals surface area (Å²) in [6.45, 7) is -0.0111. The van der Waals surface area contributed by atoms with Crippen molar-refractivity contribution in [1.29, 1.82) is 0 Å². The summed E-state index contributed by atoms with van der Waals surface area (Å²) in [6, 6.07) is 8.16. The van der Waals surface area contributed by atoms with E-state index in [9.17, 15) is 12.8 Å². The average Bonchev–Trinajstić information content (AvgIpc) is 2.93. The largest absolute Gasteiger partial charge is 0.467 e. The third kappa shape index (κ3) is 3.44. The Morgan fingerprint density at radius 3 is 2.75 bits per heavy atom. The molecular weight excluding hydrogens is 285 g/mol. The number of halogens is 1. The van der Waals surface area contributed by atoms with Gasteiger partial charge in [0.15, 0.2) is 0 Å². The van der Waals surface area contributed by atoms with E-state index in [0.29, 0.717) is 5.76 Å². The Hall–Kier alpha value is -1.70. The van der Waals surface area contributed by atoms with Crippen LogP contribution in [0.5, 0.6) is 0 Å². The minimum absolute atomic E-state index is 0.0111. The van der Waals surface area contributed by atoms with Crippen molar-refractivity contribution in [2.24, 2.45) is 0 Å². The highest BCUT2D eigenvalue weighted by Gasteiger charge is 2.19. The molecule has 1 aromatic heterocycles. The second kappa shape index (κ2) is 6.17. The smallest absolute Gasteiger partial charge is 0.240 e. The maximum absolute atomic E-state index is 13.1. The summed E-state index contributed by atoms with van der Waals surface area (Å²) in [5, 5.41) is 0. The van der Waals surface area contributed by atoms with Gasteiger partial charge in [0.25, 0.3) is 0 Å². The van der Waals surface area contributed by atoms with Crippen LogP contribution in [-0.2, 0) is 14.8 Å². The van der Waals surface area contributed by atoms with Gasteiger partial charge >= 0.3 is 0 Å². The monoisotopic (exact) mass is 299 g/mol. The summed E-state index contributed by atoms with van der Waals surface area (Å²) in [4.78, 5) is -0.133. The molecule has 7 heteroatoms. The first-order valence-corrected chi connectivity index (χ1v) is 7.32. The number of sulfonamides is 1. The van der Waals surface area contributed by atoms with E-state index in [1.54, 1.807) is 12.1 Å². The summed E-state index contributed by atoms with van der Waals surface area (Å²) in [7, 11) is -2.34. The van der Waals surface area contributed by atoms with E-state index >= 15 is 0 Å². The molecule has 0 bridgehead atoms. The van der Waals surface area contributed by atoms with Gasteiger partial charge in [-0.2, -0.15) is 0 Å². The van der Waals surface area contributed by atoms with Crippen LogP contribution in [0.2, 0.25) is 0 Å². The molecule has 0 aliphatic heterocycles. The Morgan fingerprint density at radius 1 is 1.35 bits per heavy atom. The van der Waals surface area contributed by atoms with E-state index in [4.69, 9.17) is 9.15 Å². The predicted molar refractivity (Wildman–Crippen MR) is 70.0 cm³/mol. The van der Waals surface area contributed by atoms with E-state index in [-0.39, 0.29) is 11.4 Å². The van der Waals surface area contributed by atoms with Crippen LogP contribution in [0.4, 0.5) is 4.39 Å². The van der Waals surface area contributed by atoms with Crippen LogP contribution >= 0.6 is 0 Å². The zero-order chi connectivity index (χ0) is 14.6. The average molecular weight is 299 g/mol. The minimum Gasteiger partial charge on any atom is -0.467 e. The third-order valence-electron chi connectivity index (χ3n) is 2.71. The molecule has 108 valence electrons. The highest BCUT2D eigenvalue weighted by Crippen LogP contribution is 2.17. The molecule has 0 fully saturated rings. The van der Waals surface area contributed by atoms with E-state index in [0.717, 1.165) is 6.07 Å². The molecule has 0 aliphatic carbocycles. The molecule has 1 heterocycles. The van der Waals surface area contributed by atoms with Crippen molar-refractivity contribution in [3.05, 3.63) is 54.2 Å². The molecule has 1 atom stereocenters. The van der Waals surface area contributed by atoms with Gasteiger partial charge in [0.1, 0.15) is 17.7 Å². The Bertz CT molecular complexity index is 655. The maximum Gasteiger partial charge on any atom is 0.240 e. The van der Waals surface area contributed by atoms with Crippen molar-refractivity contribution < 1.29 is 22.0 Å². The molecule has 20 heavy (non-hydrogen) atoms. The van der Waals surface area contributed by atoms with Crippen molar-refractivity contribution in [2.45, 2.75) is 11.0 Å². The standard InChI is InChI=1S/C13H14FNO4S/c1-18-13(12-6-3-7-19-12)9-15-20(16,17)11-5-2-4-10(14)8-11/h2-8,13,15H,9H2,1H3. The van der Waals surface area contributed by atoms with Gasteiger partial charge in [0.2, 0.25) is 10.0 Å². The molecule has 0 spiro atoms. The summed E-state index contributed by atoms with van der Waals surface area (Å²) >= 11 is 0. The summed E-state index contributed by atoms with van der Waals surface area (Å²) in [5.74, 6) is -0.100. The number of methoxy groups -OCH3 is 1. The van der Waals surface area contributed by atoms with Crippen LogP contribution in [0.3, 0.4) is 0 Å². The van der Waals surface area contributed by atoms with Crippen molar-refractivity contribution >= 4 is 10.0 Å². The Labute approximate surface area is 116 Å². The van der Waals surface area contributed by atoms with E-state index in [1.165, 1.54) is 31.6 Å². The number of benzene rings is 1. The molecule has 0 radical (unpaired) electrons. The van der Waals surface area contributed by atoms with E-state index < -0.39 is 21.9 Å². The minimum atomic E-state index is -3.79. The first kappa shape index (κ1) is 14.7. The highest BCUT2D eigenvalue weighted by atomic mass is 32.2. The van der Waals surface area contributed by atoms with Gasteiger partial charge in [-0.25, -0.2) is 17.5 Å². The number of hydrogen-bond acceptors (Lipinski definition) is 4. The molecule has 2 aromatic rings. The quantitative estimate of drug-likeness (QED) is 0.886. The van der Waals surface area contributed by atoms with Crippen molar-refractivity contribution in [2.75, 3.05) is 13.7 Å². The van der Waals surface area contributed by atoms with Crippen molar-refractivity contribution in [1.82, 2.24) is 4.72 Å². The van der Waals surface area contributed by atoms with Crippen LogP contribution in [0, 0.1) is 5.82 Å². The van der Waals surface area contributed by atoms with Gasteiger partial charge in [-0.15, -0.1) is 0 Å². The fraction of sp³-hybridized carbons (Fsp3) is 0.231. The molecule has 0 amide bonds. The zero-order valence-corrected chi connectivity index (χ0v) is 11.6. The van der Waals surface area contributed by atoms with Crippen LogP contribution < -0.4 is 4.72 Å². The second-order valence-electron chi connectivity index (χ2n) is 4.05. The zero-order valence-electron chi connectivity index (χ0n) is 10.7. The van der Waals surface area contributed by atoms with Crippen LogP contribution in [0.15, 0.2) is 52.0 Å². The van der Waals surface area contributed by atoms with E-state index in [2.05, 4.69) is 4.72 Å². The van der Waals surface area contributed by atoms with Crippen molar-refractivity contribution in [3.8, 4) is 0 Å². The predicted octanol–water partition coefficient (Wildman–Crippen LogP) is 2.08. The summed E-state index contributed by atoms with van der Waals surface area (Å²) in [5.41, 5.74) is 0. The molecule has 1 N–H and O–H groups in total. The van der Waals surface area contributed by atoms with Gasteiger partial charge in [0.05, 0.1) is 11.2 Å². The number of furan rings is 1. The Balaban J connectivity index is 2.09. The first-order valence-electron chi connectivity index (χ1n) is 5.84. The first-order chi connectivity index (χ1) is 9.53. The molecular formula is C13H14FNO4S. The van der Waals surface area contributed by atoms with Gasteiger partial charge in [-0.3, -0.25) is 0 Å². The number of rotatable bonds is 6. The van der Waals surface area contributed by atoms with Gasteiger partial charge in [-0.1, -0.05) is 6.07 Å². The summed E-state index contributed by atoms with van der Waals surface area (Å²) in [6.07, 6.45) is 0.927. The third-order valence-corrected chi connectivity index (χ3v) is 4.13. The molecule has 5 nitrogen and oxygen atoms in total. The molecule has 0 aliphatic rings. The van der Waals surface area contributed by atoms with E-state index in [1.807, 2.05) is 0 Å². The highest BCUT2D eigenvalue weighted by molar-refractivity contribution is 7.89. The lowest BCUT2D eigenvalue weighted by Gasteiger charge is -2.14. The normalized spacial score (nSPS) is 13.3. The number of ether oxygens (including phenoxy) is 1. The lowest BCUT2D eigenvalue weighted by molar-refractivity contribution is 0.0878. The van der Waals surface area contributed by atoms with Crippen LogP contribution in [0.1, 0.15) is 11.9 Å². The fourth-order valence-electron chi connectivity index (χ4n) is 1.68. The topological polar surface area (TPSA) is 68.5 Å². The van der Waals surface area contributed by atoms with Crippen LogP contribution in [0.25, 0.3) is 0 Å². The number of nitrogens with one attached hydrogen (secondary N) is 1. The molecule has 1 unspecified atom stereocenters. The Morgan fingerprint density at radius 2 is 2.15 bits per heavy atom. The second-order valence-corrected chi connectivity index (χ2v) is 5.82. The molecule has 0 saturated heterocycles. The summed E-state index contributed by atoms with van der Waals surface area (Å²) < 4.78 is 49.7. The molecule has 1 aromatic carbocycles. The fourth-order valence-corrected chi connectivity index (χ4v) is 2.74. The lowest BCUT2D eigenvalue weighted by atomic mass is 10.3. The SMILES string of the molecule is COC(CNS(=O)(=O)c1cccc(F)c1)c1ccco1. The Kier molecular flexibility index (Phi) is 4.53. The van der Waals surface area contributed by atoms with Gasteiger partial charge in [0, 0.05) is 13.7 Å². The van der Waals surface area contributed by atoms with Gasteiger partial charge < -0.3 is 9.15 Å². The lowest BCUT2D eigenvalue weighted by Crippen LogP contribution is -2.29.